The molecule has 4 rings (SSSR count). The zero-order valence-corrected chi connectivity index (χ0v) is 19.7. The molecule has 182 valence electrons. The Labute approximate surface area is 211 Å². The van der Waals surface area contributed by atoms with Gasteiger partial charge in [0.15, 0.2) is 6.61 Å². The van der Waals surface area contributed by atoms with Crippen molar-refractivity contribution in [3.63, 3.8) is 0 Å². The highest BCUT2D eigenvalue weighted by atomic mass is 35.5. The molecule has 0 aliphatic carbocycles. The molecule has 0 radical (unpaired) electrons. The Hall–Kier alpha value is -4.63. The van der Waals surface area contributed by atoms with E-state index in [-0.39, 0.29) is 23.8 Å². The van der Waals surface area contributed by atoms with Gasteiger partial charge in [0.1, 0.15) is 17.1 Å². The molecule has 5 amide bonds. The van der Waals surface area contributed by atoms with Crippen LogP contribution in [0.15, 0.2) is 78.4 Å². The molecule has 3 aromatic rings. The van der Waals surface area contributed by atoms with Gasteiger partial charge in [-0.15, -0.1) is 0 Å². The lowest BCUT2D eigenvalue weighted by atomic mass is 10.1. The fraction of sp³-hybridized carbons (Fsp3) is 0.0769. The van der Waals surface area contributed by atoms with Crippen molar-refractivity contribution in [3.8, 4) is 11.5 Å². The summed E-state index contributed by atoms with van der Waals surface area (Å²) in [6, 6.07) is 18.6. The normalized spacial score (nSPS) is 14.4. The fourth-order valence-electron chi connectivity index (χ4n) is 3.35. The first-order valence-corrected chi connectivity index (χ1v) is 11.1. The molecule has 3 aromatic carbocycles. The smallest absolute Gasteiger partial charge is 0.335 e. The van der Waals surface area contributed by atoms with Crippen LogP contribution in [-0.4, -0.2) is 37.5 Å². The average molecular weight is 506 g/mol. The number of nitrogens with one attached hydrogen (secondary N) is 2. The van der Waals surface area contributed by atoms with Crippen LogP contribution in [0, 0.1) is 0 Å². The van der Waals surface area contributed by atoms with Crippen LogP contribution in [0.3, 0.4) is 0 Å². The standard InChI is InChI=1S/C26H20ClN3O6/c1-35-20-11-7-18(8-12-20)28-23(31)15-36-21-9-5-16(6-10-21)13-22-24(32)29-26(34)30(25(22)33)19-4-2-3-17(27)14-19/h2-14H,15H2,1H3,(H,28,31)(H,29,32,34)/b22-13+. The molecule has 36 heavy (non-hydrogen) atoms. The lowest BCUT2D eigenvalue weighted by Gasteiger charge is -2.26. The number of methoxy groups -OCH3 is 1. The molecule has 0 unspecified atom stereocenters. The summed E-state index contributed by atoms with van der Waals surface area (Å²) < 4.78 is 10.6. The monoisotopic (exact) mass is 505 g/mol. The first-order chi connectivity index (χ1) is 17.3. The predicted molar refractivity (Wildman–Crippen MR) is 134 cm³/mol. The van der Waals surface area contributed by atoms with Crippen molar-refractivity contribution >= 4 is 52.8 Å². The van der Waals surface area contributed by atoms with Crippen LogP contribution in [0.25, 0.3) is 6.08 Å². The number of hydrogen-bond acceptors (Lipinski definition) is 6. The summed E-state index contributed by atoms with van der Waals surface area (Å²) >= 11 is 5.97. The van der Waals surface area contributed by atoms with Gasteiger partial charge in [-0.05, 0) is 66.2 Å². The van der Waals surface area contributed by atoms with Crippen molar-refractivity contribution in [2.75, 3.05) is 23.9 Å². The van der Waals surface area contributed by atoms with E-state index < -0.39 is 17.8 Å². The number of carbonyl (C=O) groups excluding carboxylic acids is 4. The molecule has 0 atom stereocenters. The molecule has 1 heterocycles. The summed E-state index contributed by atoms with van der Waals surface area (Å²) in [5, 5.41) is 5.21. The molecular formula is C26H20ClN3O6. The average Bonchev–Trinajstić information content (AvgIpc) is 2.86. The molecule has 9 nitrogen and oxygen atoms in total. The Kier molecular flexibility index (Phi) is 7.31. The van der Waals surface area contributed by atoms with E-state index in [0.29, 0.717) is 27.8 Å². The third kappa shape index (κ3) is 5.70. The van der Waals surface area contributed by atoms with Crippen molar-refractivity contribution in [3.05, 3.63) is 89.0 Å². The summed E-state index contributed by atoms with van der Waals surface area (Å²) in [4.78, 5) is 50.6. The van der Waals surface area contributed by atoms with E-state index in [4.69, 9.17) is 21.1 Å². The van der Waals surface area contributed by atoms with Crippen LogP contribution in [-0.2, 0) is 14.4 Å². The second-order valence-electron chi connectivity index (χ2n) is 7.57. The molecule has 1 aliphatic heterocycles. The molecule has 2 N–H and O–H groups in total. The minimum absolute atomic E-state index is 0.218. The minimum Gasteiger partial charge on any atom is -0.497 e. The van der Waals surface area contributed by atoms with Crippen LogP contribution in [0.1, 0.15) is 5.56 Å². The molecular weight excluding hydrogens is 486 g/mol. The number of halogens is 1. The number of barbiturate groups is 1. The van der Waals surface area contributed by atoms with E-state index in [0.717, 1.165) is 4.90 Å². The van der Waals surface area contributed by atoms with E-state index in [1.807, 2.05) is 0 Å². The summed E-state index contributed by atoms with van der Waals surface area (Å²) in [6.45, 7) is -0.218. The maximum Gasteiger partial charge on any atom is 0.335 e. The highest BCUT2D eigenvalue weighted by Gasteiger charge is 2.36. The molecule has 1 aliphatic rings. The second-order valence-corrected chi connectivity index (χ2v) is 8.01. The van der Waals surface area contributed by atoms with Crippen molar-refractivity contribution in [1.29, 1.82) is 0 Å². The molecule has 0 spiro atoms. The number of nitrogens with zero attached hydrogens (tertiary/aromatic N) is 1. The van der Waals surface area contributed by atoms with E-state index >= 15 is 0 Å². The SMILES string of the molecule is COc1ccc(NC(=O)COc2ccc(/C=C3\C(=O)NC(=O)N(c4cccc(Cl)c4)C3=O)cc2)cc1. The molecule has 1 fully saturated rings. The van der Waals surface area contributed by atoms with Gasteiger partial charge in [0, 0.05) is 10.7 Å². The quantitative estimate of drug-likeness (QED) is 0.370. The van der Waals surface area contributed by atoms with Gasteiger partial charge in [-0.3, -0.25) is 19.7 Å². The Morgan fingerprint density at radius 2 is 1.69 bits per heavy atom. The predicted octanol–water partition coefficient (Wildman–Crippen LogP) is 4.03. The Balaban J connectivity index is 1.41. The number of imide groups is 2. The lowest BCUT2D eigenvalue weighted by Crippen LogP contribution is -2.54. The van der Waals surface area contributed by atoms with E-state index in [2.05, 4.69) is 10.6 Å². The van der Waals surface area contributed by atoms with Crippen LogP contribution in [0.2, 0.25) is 5.02 Å². The van der Waals surface area contributed by atoms with Gasteiger partial charge in [0.2, 0.25) is 0 Å². The largest absolute Gasteiger partial charge is 0.497 e. The van der Waals surface area contributed by atoms with Crippen molar-refractivity contribution in [1.82, 2.24) is 5.32 Å². The zero-order chi connectivity index (χ0) is 25.7. The van der Waals surface area contributed by atoms with Crippen LogP contribution >= 0.6 is 11.6 Å². The molecule has 0 saturated carbocycles. The lowest BCUT2D eigenvalue weighted by molar-refractivity contribution is -0.122. The van der Waals surface area contributed by atoms with Gasteiger partial charge in [-0.25, -0.2) is 9.69 Å². The maximum atomic E-state index is 12.9. The van der Waals surface area contributed by atoms with E-state index in [1.54, 1.807) is 67.8 Å². The topological polar surface area (TPSA) is 114 Å². The number of ether oxygens (including phenoxy) is 2. The van der Waals surface area contributed by atoms with Crippen molar-refractivity contribution in [2.45, 2.75) is 0 Å². The van der Waals surface area contributed by atoms with Gasteiger partial charge >= 0.3 is 6.03 Å². The summed E-state index contributed by atoms with van der Waals surface area (Å²) in [6.07, 6.45) is 1.36. The molecule has 10 heteroatoms. The summed E-state index contributed by atoms with van der Waals surface area (Å²) in [5.41, 5.74) is 1.14. The van der Waals surface area contributed by atoms with Crippen molar-refractivity contribution in [2.24, 2.45) is 0 Å². The van der Waals surface area contributed by atoms with E-state index in [9.17, 15) is 19.2 Å². The third-order valence-corrected chi connectivity index (χ3v) is 5.34. The number of carbonyl (C=O) groups is 4. The van der Waals surface area contributed by atoms with Gasteiger partial charge in [0.05, 0.1) is 12.8 Å². The highest BCUT2D eigenvalue weighted by Crippen LogP contribution is 2.25. The molecule has 0 bridgehead atoms. The van der Waals surface area contributed by atoms with Gasteiger partial charge in [0.25, 0.3) is 17.7 Å². The van der Waals surface area contributed by atoms with Crippen LogP contribution in [0.4, 0.5) is 16.2 Å². The number of hydrogen-bond donors (Lipinski definition) is 2. The van der Waals surface area contributed by atoms with Crippen LogP contribution < -0.4 is 25.0 Å². The molecule has 0 aromatic heterocycles. The third-order valence-electron chi connectivity index (χ3n) is 5.10. The van der Waals surface area contributed by atoms with Crippen LogP contribution in [0.5, 0.6) is 11.5 Å². The Bertz CT molecular complexity index is 1350. The van der Waals surface area contributed by atoms with Gasteiger partial charge < -0.3 is 14.8 Å². The number of anilines is 2. The first kappa shape index (κ1) is 24.5. The van der Waals surface area contributed by atoms with Gasteiger partial charge in [-0.2, -0.15) is 0 Å². The Morgan fingerprint density at radius 1 is 1.00 bits per heavy atom. The molecule has 1 saturated heterocycles. The maximum absolute atomic E-state index is 12.9. The Morgan fingerprint density at radius 3 is 2.36 bits per heavy atom. The summed E-state index contributed by atoms with van der Waals surface area (Å²) in [5.74, 6) is -0.838. The summed E-state index contributed by atoms with van der Waals surface area (Å²) in [7, 11) is 1.56. The number of benzene rings is 3. The zero-order valence-electron chi connectivity index (χ0n) is 19.0. The highest BCUT2D eigenvalue weighted by molar-refractivity contribution is 6.39. The fourth-order valence-corrected chi connectivity index (χ4v) is 3.54. The first-order valence-electron chi connectivity index (χ1n) is 10.7. The number of rotatable bonds is 7. The van der Waals surface area contributed by atoms with Gasteiger partial charge in [-0.1, -0.05) is 29.8 Å². The van der Waals surface area contributed by atoms with Crippen molar-refractivity contribution < 1.29 is 28.7 Å². The number of amides is 5. The minimum atomic E-state index is -0.860. The second kappa shape index (κ2) is 10.7. The number of urea groups is 1. The van der Waals surface area contributed by atoms with E-state index in [1.165, 1.54) is 18.2 Å².